The minimum atomic E-state index is -1.57. The van der Waals surface area contributed by atoms with E-state index in [-0.39, 0.29) is 32.5 Å². The molecule has 0 aliphatic carbocycles. The van der Waals surface area contributed by atoms with Crippen molar-refractivity contribution < 1.29 is 17.7 Å². The van der Waals surface area contributed by atoms with Crippen LogP contribution in [0.15, 0.2) is 24.3 Å². The van der Waals surface area contributed by atoms with Gasteiger partial charge in [-0.1, -0.05) is 149 Å². The molecule has 42 heavy (non-hydrogen) atoms. The first-order valence-corrected chi connectivity index (χ1v) is 17.5. The average Bonchev–Trinajstić information content (AvgIpc) is 2.72. The van der Waals surface area contributed by atoms with Gasteiger partial charge in [0, 0.05) is 22.3 Å². The number of benzene rings is 2. The molecule has 1 saturated heterocycles. The smallest absolute Gasteiger partial charge is 0.413 e. The molecule has 0 aromatic heterocycles. The quantitative estimate of drug-likeness (QED) is 0.320. The molecule has 0 bridgehead atoms. The van der Waals surface area contributed by atoms with E-state index < -0.39 is 17.2 Å². The van der Waals surface area contributed by atoms with E-state index in [9.17, 15) is 0 Å². The maximum atomic E-state index is 6.62. The molecule has 6 heteroatoms. The minimum Gasteiger partial charge on any atom is -0.426 e. The second kappa shape index (κ2) is 11.3. The van der Waals surface area contributed by atoms with Crippen molar-refractivity contribution in [2.45, 2.75) is 157 Å². The Morgan fingerprint density at radius 3 is 0.762 bits per heavy atom. The van der Waals surface area contributed by atoms with Crippen LogP contribution in [0.2, 0.25) is 0 Å². The molecule has 1 aliphatic heterocycles. The fraction of sp³-hybridized carbons (Fsp3) is 0.667. The molecule has 1 fully saturated rings. The molecule has 1 heterocycles. The lowest BCUT2D eigenvalue weighted by Crippen LogP contribution is -2.24. The third kappa shape index (κ3) is 8.10. The summed E-state index contributed by atoms with van der Waals surface area (Å²) < 4.78 is 25.8. The van der Waals surface area contributed by atoms with Crippen molar-refractivity contribution in [3.8, 4) is 11.5 Å². The second-order valence-electron chi connectivity index (χ2n) is 18.1. The van der Waals surface area contributed by atoms with Crippen LogP contribution in [0.1, 0.15) is 158 Å². The molecule has 1 aliphatic rings. The molecule has 0 unspecified atom stereocenters. The fourth-order valence-corrected chi connectivity index (χ4v) is 7.02. The maximum Gasteiger partial charge on any atom is 0.413 e. The third-order valence-electron chi connectivity index (χ3n) is 7.74. The van der Waals surface area contributed by atoms with Crippen molar-refractivity contribution in [2.75, 3.05) is 0 Å². The van der Waals surface area contributed by atoms with E-state index in [1.807, 2.05) is 0 Å². The highest BCUT2D eigenvalue weighted by atomic mass is 31.3. The van der Waals surface area contributed by atoms with Gasteiger partial charge in [-0.3, -0.25) is 0 Å². The summed E-state index contributed by atoms with van der Waals surface area (Å²) in [7, 11) is -3.14. The van der Waals surface area contributed by atoms with E-state index in [4.69, 9.17) is 17.7 Å². The van der Waals surface area contributed by atoms with Crippen LogP contribution in [0, 0.1) is 0 Å². The zero-order valence-electron chi connectivity index (χ0n) is 29.8. The predicted molar refractivity (Wildman–Crippen MR) is 182 cm³/mol. The van der Waals surface area contributed by atoms with Crippen LogP contribution in [0.5, 0.6) is 11.5 Å². The van der Waals surface area contributed by atoms with Gasteiger partial charge in [0.05, 0.1) is 0 Å². The highest BCUT2D eigenvalue weighted by molar-refractivity contribution is 7.69. The predicted octanol–water partition coefficient (Wildman–Crippen LogP) is 12.4. The highest BCUT2D eigenvalue weighted by Crippen LogP contribution is 2.73. The van der Waals surface area contributed by atoms with Crippen LogP contribution < -0.4 is 9.05 Å². The van der Waals surface area contributed by atoms with Crippen molar-refractivity contribution in [1.82, 2.24) is 0 Å². The largest absolute Gasteiger partial charge is 0.426 e. The molecule has 4 nitrogen and oxygen atoms in total. The molecule has 0 atom stereocenters. The van der Waals surface area contributed by atoms with Crippen LogP contribution >= 0.6 is 17.2 Å². The van der Waals surface area contributed by atoms with Gasteiger partial charge in [-0.15, -0.1) is 0 Å². The molecule has 0 spiro atoms. The normalized spacial score (nSPS) is 19.0. The number of hydrogen-bond donors (Lipinski definition) is 0. The number of rotatable bonds is 4. The molecule has 0 saturated carbocycles. The Kier molecular flexibility index (Phi) is 9.51. The van der Waals surface area contributed by atoms with Gasteiger partial charge >= 0.3 is 17.2 Å². The van der Waals surface area contributed by atoms with Crippen LogP contribution in [0.4, 0.5) is 0 Å². The topological polar surface area (TPSA) is 36.9 Å². The van der Waals surface area contributed by atoms with Gasteiger partial charge < -0.3 is 9.05 Å². The molecule has 0 N–H and O–H groups in total. The Morgan fingerprint density at radius 1 is 0.381 bits per heavy atom. The molecule has 2 aromatic carbocycles. The van der Waals surface area contributed by atoms with Gasteiger partial charge in [0.1, 0.15) is 11.5 Å². The van der Waals surface area contributed by atoms with Crippen LogP contribution in [0.25, 0.3) is 0 Å². The average molecular weight is 617 g/mol. The lowest BCUT2D eigenvalue weighted by molar-refractivity contribution is 0.270. The van der Waals surface area contributed by atoms with Gasteiger partial charge in [-0.2, -0.15) is 0 Å². The van der Waals surface area contributed by atoms with E-state index in [1.54, 1.807) is 0 Å². The summed E-state index contributed by atoms with van der Waals surface area (Å²) in [5.74, 6) is 1.76. The maximum absolute atomic E-state index is 6.62. The first kappa shape index (κ1) is 35.3. The summed E-state index contributed by atoms with van der Waals surface area (Å²) in [5, 5.41) is 0. The molecular weight excluding hydrogens is 558 g/mol. The summed E-state index contributed by atoms with van der Waals surface area (Å²) in [6.07, 6.45) is 0. The second-order valence-corrected chi connectivity index (χ2v) is 20.7. The molecule has 0 amide bonds. The summed E-state index contributed by atoms with van der Waals surface area (Å²) in [4.78, 5) is 0. The van der Waals surface area contributed by atoms with Crippen LogP contribution in [-0.2, 0) is 41.1 Å². The Bertz CT molecular complexity index is 1110. The standard InChI is InChI=1S/C36H58O4P2/c1-31(2,3)23-19-25(33(7,8)9)29(26(20-23)34(10,11)12)37-41-39-42(40-41)38-30-27(35(13,14)15)21-24(32(4,5)6)22-28(30)36(16,17)18/h19-22H,1-18H3. The summed E-state index contributed by atoms with van der Waals surface area (Å²) in [6.45, 7) is 40.5. The molecule has 2 aromatic rings. The van der Waals surface area contributed by atoms with E-state index >= 15 is 0 Å². The van der Waals surface area contributed by atoms with Gasteiger partial charge in [0.25, 0.3) is 0 Å². The molecule has 0 radical (unpaired) electrons. The van der Waals surface area contributed by atoms with Gasteiger partial charge in [0.2, 0.25) is 0 Å². The Morgan fingerprint density at radius 2 is 0.595 bits per heavy atom. The first-order chi connectivity index (χ1) is 18.6. The SMILES string of the molecule is CC(C)(C)c1cc(C(C)(C)C)c(OP2OP(Oc3c(C(C)(C)C)cc(C(C)(C)C)cc3C(C)(C)C)O2)c(C(C)(C)C)c1. The van der Waals surface area contributed by atoms with Crippen LogP contribution in [0.3, 0.4) is 0 Å². The van der Waals surface area contributed by atoms with Crippen molar-refractivity contribution in [3.63, 3.8) is 0 Å². The van der Waals surface area contributed by atoms with E-state index in [0.717, 1.165) is 11.5 Å². The van der Waals surface area contributed by atoms with E-state index in [0.29, 0.717) is 0 Å². The fourth-order valence-electron chi connectivity index (χ4n) is 4.88. The molecular formula is C36H58O4P2. The van der Waals surface area contributed by atoms with Crippen molar-refractivity contribution in [2.24, 2.45) is 0 Å². The Balaban J connectivity index is 1.99. The molecule has 236 valence electrons. The minimum absolute atomic E-state index is 0.0214. The summed E-state index contributed by atoms with van der Waals surface area (Å²) >= 11 is 0. The molecule has 3 rings (SSSR count). The van der Waals surface area contributed by atoms with E-state index in [2.05, 4.69) is 149 Å². The summed E-state index contributed by atoms with van der Waals surface area (Å²) in [6, 6.07) is 9.23. The lowest BCUT2D eigenvalue weighted by Gasteiger charge is -2.37. The van der Waals surface area contributed by atoms with Gasteiger partial charge in [-0.25, -0.2) is 8.62 Å². The van der Waals surface area contributed by atoms with Crippen molar-refractivity contribution in [3.05, 3.63) is 57.6 Å². The summed E-state index contributed by atoms with van der Waals surface area (Å²) in [5.41, 5.74) is 6.90. The highest BCUT2D eigenvalue weighted by Gasteiger charge is 2.44. The zero-order chi connectivity index (χ0) is 32.4. The van der Waals surface area contributed by atoms with Gasteiger partial charge in [-0.05, 0) is 43.6 Å². The monoisotopic (exact) mass is 616 g/mol. The van der Waals surface area contributed by atoms with E-state index in [1.165, 1.54) is 33.4 Å². The van der Waals surface area contributed by atoms with Gasteiger partial charge in [0.15, 0.2) is 0 Å². The zero-order valence-corrected chi connectivity index (χ0v) is 31.6. The Labute approximate surface area is 260 Å². The first-order valence-electron chi connectivity index (χ1n) is 15.3. The lowest BCUT2D eigenvalue weighted by atomic mass is 9.75. The Hall–Kier alpha value is -1.18. The number of hydrogen-bond acceptors (Lipinski definition) is 4. The third-order valence-corrected chi connectivity index (χ3v) is 10.5. The van der Waals surface area contributed by atoms with Crippen LogP contribution in [-0.4, -0.2) is 0 Å². The van der Waals surface area contributed by atoms with Crippen molar-refractivity contribution in [1.29, 1.82) is 0 Å². The van der Waals surface area contributed by atoms with Crippen molar-refractivity contribution >= 4 is 17.2 Å².